The Kier molecular flexibility index (Phi) is 25.7. The fourth-order valence-electron chi connectivity index (χ4n) is 0.356. The predicted molar refractivity (Wildman–Crippen MR) is 88.9 cm³/mol. The minimum atomic E-state index is -3.67. The molecular formula is C11H17ClO15S. The number of hydrogen-bond acceptors (Lipinski definition) is 8. The zero-order chi connectivity index (χ0) is 22.8. The number of halogens is 1. The predicted octanol–water partition coefficient (Wildman–Crippen LogP) is -1.27. The fraction of sp³-hybridized carbons (Fsp3) is 0.273. The van der Waals surface area contributed by atoms with Gasteiger partial charge in [-0.3, -0.25) is 14.1 Å². The van der Waals surface area contributed by atoms with E-state index < -0.39 is 45.9 Å². The molecule has 0 heterocycles. The molecule has 15 nitrogen and oxygen atoms in total. The highest BCUT2D eigenvalue weighted by atomic mass is 35.5. The maximum atomic E-state index is 9.64. The molecule has 164 valence electrons. The van der Waals surface area contributed by atoms with Crippen LogP contribution in [0.4, 0.5) is 0 Å². The molecule has 0 fully saturated rings. The van der Waals surface area contributed by atoms with Crippen LogP contribution in [0.1, 0.15) is 12.8 Å². The number of carboxylic acid groups (broad SMARTS) is 6. The summed E-state index contributed by atoms with van der Waals surface area (Å²) in [6, 6.07) is 0. The second kappa shape index (κ2) is 20.1. The van der Waals surface area contributed by atoms with Crippen LogP contribution in [0.2, 0.25) is 0 Å². The first-order chi connectivity index (χ1) is 11.9. The van der Waals surface area contributed by atoms with Gasteiger partial charge in [-0.2, -0.15) is 8.42 Å². The Hall–Kier alpha value is -3.24. The first-order valence-electron chi connectivity index (χ1n) is 5.86. The summed E-state index contributed by atoms with van der Waals surface area (Å²) in [7, 11) is -3.67. The van der Waals surface area contributed by atoms with Gasteiger partial charge in [-0.05, 0) is 0 Å². The lowest BCUT2D eigenvalue weighted by atomic mass is 10.3. The van der Waals surface area contributed by atoms with Crippen molar-refractivity contribution in [2.45, 2.75) is 12.8 Å². The van der Waals surface area contributed by atoms with E-state index in [4.69, 9.17) is 44.8 Å². The van der Waals surface area contributed by atoms with Crippen molar-refractivity contribution in [3.05, 3.63) is 12.2 Å². The highest BCUT2D eigenvalue weighted by Crippen LogP contribution is 1.86. The molecule has 0 amide bonds. The normalized spacial score (nSPS) is 8.79. The molecule has 0 saturated carbocycles. The largest absolute Gasteiger partial charge is 0.481 e. The summed E-state index contributed by atoms with van der Waals surface area (Å²) < 4.78 is 25.9. The van der Waals surface area contributed by atoms with Crippen molar-refractivity contribution in [1.29, 1.82) is 0 Å². The first kappa shape index (κ1) is 35.8. The first-order valence-corrected chi connectivity index (χ1v) is 7.71. The van der Waals surface area contributed by atoms with Gasteiger partial charge in [0, 0.05) is 12.2 Å². The van der Waals surface area contributed by atoms with E-state index in [1.165, 1.54) is 0 Å². The van der Waals surface area contributed by atoms with Gasteiger partial charge in [0.15, 0.2) is 0 Å². The third kappa shape index (κ3) is 93.1. The zero-order valence-corrected chi connectivity index (χ0v) is 15.4. The molecule has 0 unspecified atom stereocenters. The summed E-state index contributed by atoms with van der Waals surface area (Å²) in [5.41, 5.74) is 0. The summed E-state index contributed by atoms with van der Waals surface area (Å²) in [5.74, 6) is -8.32. The molecule has 0 bridgehead atoms. The molecule has 0 aliphatic rings. The number of carbonyl (C=O) groups is 6. The van der Waals surface area contributed by atoms with Crippen LogP contribution >= 0.6 is 12.4 Å². The van der Waals surface area contributed by atoms with Crippen LogP contribution in [0.3, 0.4) is 0 Å². The van der Waals surface area contributed by atoms with Gasteiger partial charge in [-0.25, -0.2) is 19.2 Å². The van der Waals surface area contributed by atoms with Crippen molar-refractivity contribution in [3.63, 3.8) is 0 Å². The van der Waals surface area contributed by atoms with Crippen molar-refractivity contribution in [1.82, 2.24) is 0 Å². The molecule has 0 aromatic heterocycles. The second-order valence-electron chi connectivity index (χ2n) is 3.64. The average molecular weight is 457 g/mol. The molecule has 0 aromatic rings. The van der Waals surface area contributed by atoms with Crippen LogP contribution in [-0.2, 0) is 38.9 Å². The van der Waals surface area contributed by atoms with E-state index in [9.17, 15) is 27.6 Å². The Morgan fingerprint density at radius 3 is 0.929 bits per heavy atom. The van der Waals surface area contributed by atoms with Crippen LogP contribution in [0.5, 0.6) is 0 Å². The lowest BCUT2D eigenvalue weighted by molar-refractivity contribution is -0.159. The fourth-order valence-corrected chi connectivity index (χ4v) is 0.356. The number of aliphatic carboxylic acids is 6. The Morgan fingerprint density at radius 1 is 0.679 bits per heavy atom. The van der Waals surface area contributed by atoms with E-state index in [0.717, 1.165) is 0 Å². The highest BCUT2D eigenvalue weighted by Gasteiger charge is 2.04. The van der Waals surface area contributed by atoms with Gasteiger partial charge >= 0.3 is 35.8 Å². The summed E-state index contributed by atoms with van der Waals surface area (Å²) in [6.07, 6.45) is 1.24. The standard InChI is InChI=1S/C4H6O4.C4H4O4.C2H2O4.CH4O3S.ClH/c2*5-3(6)1-2-4(7)8;3-1(4)2(5)6;1-5(2,3)4;/h1-2H2,(H,5,6)(H,7,8);1-2H,(H,5,6)(H,7,8);(H,3,4)(H,5,6);1H3,(H,2,3,4);1H. The van der Waals surface area contributed by atoms with Crippen LogP contribution < -0.4 is 0 Å². The van der Waals surface area contributed by atoms with Crippen molar-refractivity contribution < 1.29 is 72.4 Å². The molecule has 0 rings (SSSR count). The lowest BCUT2D eigenvalue weighted by Gasteiger charge is -1.85. The molecular weight excluding hydrogens is 440 g/mol. The van der Waals surface area contributed by atoms with Gasteiger partial charge in [-0.15, -0.1) is 12.4 Å². The van der Waals surface area contributed by atoms with Gasteiger partial charge in [0.1, 0.15) is 0 Å². The maximum absolute atomic E-state index is 9.64. The molecule has 0 atom stereocenters. The quantitative estimate of drug-likeness (QED) is 0.144. The molecule has 0 aromatic carbocycles. The van der Waals surface area contributed by atoms with Gasteiger partial charge < -0.3 is 30.6 Å². The Bertz CT molecular complexity index is 613. The van der Waals surface area contributed by atoms with Crippen molar-refractivity contribution in [3.8, 4) is 0 Å². The lowest BCUT2D eigenvalue weighted by Crippen LogP contribution is -2.09. The van der Waals surface area contributed by atoms with E-state index >= 15 is 0 Å². The highest BCUT2D eigenvalue weighted by molar-refractivity contribution is 7.85. The minimum absolute atomic E-state index is 0. The second-order valence-corrected chi connectivity index (χ2v) is 5.11. The molecule has 28 heavy (non-hydrogen) atoms. The number of hydrogen-bond donors (Lipinski definition) is 7. The molecule has 0 saturated heterocycles. The van der Waals surface area contributed by atoms with E-state index in [-0.39, 0.29) is 25.2 Å². The van der Waals surface area contributed by atoms with Gasteiger partial charge in [0.2, 0.25) is 0 Å². The molecule has 0 spiro atoms. The molecule has 0 aliphatic heterocycles. The molecule has 0 aliphatic carbocycles. The van der Waals surface area contributed by atoms with Gasteiger partial charge in [-0.1, -0.05) is 0 Å². The Labute approximate surface area is 162 Å². The Morgan fingerprint density at radius 2 is 0.857 bits per heavy atom. The molecule has 17 heteroatoms. The van der Waals surface area contributed by atoms with Crippen LogP contribution in [-0.4, -0.2) is 85.7 Å². The zero-order valence-electron chi connectivity index (χ0n) is 13.8. The Balaban J connectivity index is -0.0000000844. The summed E-state index contributed by atoms with van der Waals surface area (Å²) in [5, 5.41) is 46.2. The molecule has 0 radical (unpaired) electrons. The topological polar surface area (TPSA) is 278 Å². The summed E-state index contributed by atoms with van der Waals surface area (Å²) in [4.78, 5) is 56.6. The van der Waals surface area contributed by atoms with Crippen LogP contribution in [0.15, 0.2) is 12.2 Å². The minimum Gasteiger partial charge on any atom is -0.481 e. The van der Waals surface area contributed by atoms with E-state index in [1.54, 1.807) is 0 Å². The number of carboxylic acids is 6. The van der Waals surface area contributed by atoms with Crippen molar-refractivity contribution in [2.75, 3.05) is 6.26 Å². The van der Waals surface area contributed by atoms with E-state index in [2.05, 4.69) is 0 Å². The SMILES string of the molecule is CS(=O)(=O)O.Cl.O=C(O)C(=O)O.O=C(O)C=CC(=O)O.O=C(O)CCC(=O)O. The summed E-state index contributed by atoms with van der Waals surface area (Å²) in [6.45, 7) is 0. The number of rotatable bonds is 5. The smallest absolute Gasteiger partial charge is 0.414 e. The van der Waals surface area contributed by atoms with E-state index in [0.29, 0.717) is 18.4 Å². The summed E-state index contributed by atoms with van der Waals surface area (Å²) >= 11 is 0. The monoisotopic (exact) mass is 456 g/mol. The third-order valence-corrected chi connectivity index (χ3v) is 1.10. The van der Waals surface area contributed by atoms with Gasteiger partial charge in [0.25, 0.3) is 10.1 Å². The average Bonchev–Trinajstić information content (AvgIpc) is 2.42. The van der Waals surface area contributed by atoms with Crippen LogP contribution in [0.25, 0.3) is 0 Å². The van der Waals surface area contributed by atoms with E-state index in [1.807, 2.05) is 0 Å². The molecule has 7 N–H and O–H groups in total. The maximum Gasteiger partial charge on any atom is 0.414 e. The van der Waals surface area contributed by atoms with Crippen molar-refractivity contribution >= 4 is 58.3 Å². The van der Waals surface area contributed by atoms with Crippen LogP contribution in [0, 0.1) is 0 Å². The van der Waals surface area contributed by atoms with Crippen molar-refractivity contribution in [2.24, 2.45) is 0 Å². The van der Waals surface area contributed by atoms with Gasteiger partial charge in [0.05, 0.1) is 19.1 Å². The third-order valence-electron chi connectivity index (χ3n) is 1.10.